The Morgan fingerprint density at radius 2 is 1.86 bits per heavy atom. The first kappa shape index (κ1) is 19.9. The highest BCUT2D eigenvalue weighted by Crippen LogP contribution is 2.17. The fourth-order valence-electron chi connectivity index (χ4n) is 3.34. The van der Waals surface area contributed by atoms with Crippen molar-refractivity contribution in [2.24, 2.45) is 4.99 Å². The molecule has 1 aliphatic rings. The largest absolute Gasteiger partial charge is 0.356 e. The zero-order valence-corrected chi connectivity index (χ0v) is 16.2. The molecule has 0 spiro atoms. The second-order valence-electron chi connectivity index (χ2n) is 6.92. The van der Waals surface area contributed by atoms with Crippen LogP contribution in [-0.4, -0.2) is 36.9 Å². The van der Waals surface area contributed by atoms with E-state index in [0.29, 0.717) is 32.0 Å². The standard InChI is InChI=1S/C22H27FN4O/c1-24-22(25-13-12-17-8-10-20(23)11-9-17)26-15-18-5-2-3-6-19(18)16-27-14-4-7-21(27)28/h2-3,5-6,8-11H,4,7,12-16H2,1H3,(H2,24,25,26). The average Bonchev–Trinajstić information content (AvgIpc) is 3.11. The molecule has 0 radical (unpaired) electrons. The summed E-state index contributed by atoms with van der Waals surface area (Å²) in [6, 6.07) is 14.7. The lowest BCUT2D eigenvalue weighted by Crippen LogP contribution is -2.38. The van der Waals surface area contributed by atoms with Crippen molar-refractivity contribution in [2.75, 3.05) is 20.1 Å². The lowest BCUT2D eigenvalue weighted by Gasteiger charge is -2.19. The Kier molecular flexibility index (Phi) is 7.00. The number of rotatable bonds is 7. The number of hydrogen-bond acceptors (Lipinski definition) is 2. The van der Waals surface area contributed by atoms with Gasteiger partial charge in [-0.2, -0.15) is 0 Å². The molecule has 1 fully saturated rings. The molecule has 0 saturated carbocycles. The minimum atomic E-state index is -0.219. The molecule has 3 rings (SSSR count). The molecule has 1 heterocycles. The summed E-state index contributed by atoms with van der Waals surface area (Å²) >= 11 is 0. The van der Waals surface area contributed by atoms with Crippen LogP contribution in [0.4, 0.5) is 4.39 Å². The van der Waals surface area contributed by atoms with Crippen LogP contribution in [0.3, 0.4) is 0 Å². The minimum Gasteiger partial charge on any atom is -0.356 e. The number of amides is 1. The second-order valence-corrected chi connectivity index (χ2v) is 6.92. The maximum Gasteiger partial charge on any atom is 0.222 e. The highest BCUT2D eigenvalue weighted by atomic mass is 19.1. The number of benzene rings is 2. The van der Waals surface area contributed by atoms with Gasteiger partial charge < -0.3 is 15.5 Å². The first-order valence-electron chi connectivity index (χ1n) is 9.69. The molecule has 0 aromatic heterocycles. The van der Waals surface area contributed by atoms with E-state index in [-0.39, 0.29) is 11.7 Å². The number of carbonyl (C=O) groups is 1. The number of nitrogens with one attached hydrogen (secondary N) is 2. The third-order valence-corrected chi connectivity index (χ3v) is 4.94. The number of hydrogen-bond donors (Lipinski definition) is 2. The molecule has 0 bridgehead atoms. The molecule has 1 saturated heterocycles. The number of likely N-dealkylation sites (tertiary alicyclic amines) is 1. The van der Waals surface area contributed by atoms with Crippen LogP contribution in [0.15, 0.2) is 53.5 Å². The van der Waals surface area contributed by atoms with E-state index >= 15 is 0 Å². The molecule has 6 heteroatoms. The Hall–Kier alpha value is -2.89. The molecule has 1 aliphatic heterocycles. The summed E-state index contributed by atoms with van der Waals surface area (Å²) in [4.78, 5) is 18.1. The predicted octanol–water partition coefficient (Wildman–Crippen LogP) is 2.86. The summed E-state index contributed by atoms with van der Waals surface area (Å²) in [5, 5.41) is 6.62. The topological polar surface area (TPSA) is 56.7 Å². The lowest BCUT2D eigenvalue weighted by molar-refractivity contribution is -0.128. The van der Waals surface area contributed by atoms with Gasteiger partial charge in [0.05, 0.1) is 0 Å². The minimum absolute atomic E-state index is 0.219. The second kappa shape index (κ2) is 9.88. The van der Waals surface area contributed by atoms with Crippen LogP contribution in [0.5, 0.6) is 0 Å². The van der Waals surface area contributed by atoms with E-state index in [1.165, 1.54) is 12.1 Å². The summed E-state index contributed by atoms with van der Waals surface area (Å²) < 4.78 is 13.0. The van der Waals surface area contributed by atoms with E-state index in [0.717, 1.165) is 36.1 Å². The van der Waals surface area contributed by atoms with Crippen LogP contribution < -0.4 is 10.6 Å². The van der Waals surface area contributed by atoms with Gasteiger partial charge in [0, 0.05) is 39.6 Å². The van der Waals surface area contributed by atoms with E-state index in [1.807, 2.05) is 17.0 Å². The van der Waals surface area contributed by atoms with Crippen LogP contribution in [0.1, 0.15) is 29.5 Å². The van der Waals surface area contributed by atoms with Gasteiger partial charge in [0.15, 0.2) is 5.96 Å². The molecule has 0 atom stereocenters. The van der Waals surface area contributed by atoms with Gasteiger partial charge in [0.1, 0.15) is 5.82 Å². The van der Waals surface area contributed by atoms with Crippen molar-refractivity contribution >= 4 is 11.9 Å². The van der Waals surface area contributed by atoms with Crippen molar-refractivity contribution < 1.29 is 9.18 Å². The Balaban J connectivity index is 1.50. The van der Waals surface area contributed by atoms with Crippen LogP contribution in [-0.2, 0) is 24.3 Å². The highest BCUT2D eigenvalue weighted by Gasteiger charge is 2.20. The molecule has 2 aromatic rings. The fourth-order valence-corrected chi connectivity index (χ4v) is 3.34. The maximum atomic E-state index is 13.0. The summed E-state index contributed by atoms with van der Waals surface area (Å²) in [6.07, 6.45) is 2.39. The van der Waals surface area contributed by atoms with Crippen LogP contribution in [0.2, 0.25) is 0 Å². The van der Waals surface area contributed by atoms with Crippen molar-refractivity contribution in [3.8, 4) is 0 Å². The van der Waals surface area contributed by atoms with E-state index in [1.54, 1.807) is 19.2 Å². The van der Waals surface area contributed by atoms with Gasteiger partial charge in [0.25, 0.3) is 0 Å². The smallest absolute Gasteiger partial charge is 0.222 e. The van der Waals surface area contributed by atoms with Crippen molar-refractivity contribution in [3.05, 3.63) is 71.0 Å². The molecule has 5 nitrogen and oxygen atoms in total. The monoisotopic (exact) mass is 382 g/mol. The van der Waals surface area contributed by atoms with Gasteiger partial charge in [0.2, 0.25) is 5.91 Å². The first-order chi connectivity index (χ1) is 13.7. The van der Waals surface area contributed by atoms with Crippen LogP contribution >= 0.6 is 0 Å². The van der Waals surface area contributed by atoms with Crippen molar-refractivity contribution in [1.82, 2.24) is 15.5 Å². The zero-order valence-electron chi connectivity index (χ0n) is 16.2. The van der Waals surface area contributed by atoms with Gasteiger partial charge in [-0.25, -0.2) is 4.39 Å². The van der Waals surface area contributed by atoms with Crippen molar-refractivity contribution in [3.63, 3.8) is 0 Å². The van der Waals surface area contributed by atoms with E-state index < -0.39 is 0 Å². The van der Waals surface area contributed by atoms with E-state index in [9.17, 15) is 9.18 Å². The molecule has 148 valence electrons. The average molecular weight is 382 g/mol. The zero-order chi connectivity index (χ0) is 19.8. The Morgan fingerprint density at radius 3 is 2.54 bits per heavy atom. The summed E-state index contributed by atoms with van der Waals surface area (Å²) in [7, 11) is 1.74. The quantitative estimate of drug-likeness (QED) is 0.572. The van der Waals surface area contributed by atoms with Gasteiger partial charge in [-0.1, -0.05) is 36.4 Å². The van der Waals surface area contributed by atoms with Gasteiger partial charge >= 0.3 is 0 Å². The Morgan fingerprint density at radius 1 is 1.11 bits per heavy atom. The molecule has 2 aromatic carbocycles. The van der Waals surface area contributed by atoms with E-state index in [4.69, 9.17) is 0 Å². The third-order valence-electron chi connectivity index (χ3n) is 4.94. The Labute approximate surface area is 165 Å². The van der Waals surface area contributed by atoms with Gasteiger partial charge in [-0.3, -0.25) is 9.79 Å². The number of halogens is 1. The molecule has 28 heavy (non-hydrogen) atoms. The van der Waals surface area contributed by atoms with Crippen LogP contribution in [0.25, 0.3) is 0 Å². The Bertz CT molecular complexity index is 820. The molecule has 2 N–H and O–H groups in total. The van der Waals surface area contributed by atoms with Gasteiger partial charge in [-0.05, 0) is 41.7 Å². The van der Waals surface area contributed by atoms with Crippen molar-refractivity contribution in [1.29, 1.82) is 0 Å². The maximum absolute atomic E-state index is 13.0. The number of nitrogens with zero attached hydrogens (tertiary/aromatic N) is 2. The number of aliphatic imine (C=N–C) groups is 1. The van der Waals surface area contributed by atoms with Crippen LogP contribution in [0, 0.1) is 5.82 Å². The predicted molar refractivity (Wildman–Crippen MR) is 109 cm³/mol. The summed E-state index contributed by atoms with van der Waals surface area (Å²) in [5.74, 6) is 0.735. The van der Waals surface area contributed by atoms with E-state index in [2.05, 4.69) is 27.8 Å². The SMILES string of the molecule is CN=C(NCCc1ccc(F)cc1)NCc1ccccc1CN1CCCC1=O. The lowest BCUT2D eigenvalue weighted by atomic mass is 10.1. The summed E-state index contributed by atoms with van der Waals surface area (Å²) in [6.45, 7) is 2.84. The third kappa shape index (κ3) is 5.55. The highest BCUT2D eigenvalue weighted by molar-refractivity contribution is 5.79. The molecular weight excluding hydrogens is 355 g/mol. The fraction of sp³-hybridized carbons (Fsp3) is 0.364. The molecule has 1 amide bonds. The first-order valence-corrected chi connectivity index (χ1v) is 9.69. The molecule has 0 aliphatic carbocycles. The van der Waals surface area contributed by atoms with Crippen molar-refractivity contribution in [2.45, 2.75) is 32.4 Å². The van der Waals surface area contributed by atoms with Gasteiger partial charge in [-0.15, -0.1) is 0 Å². The normalized spacial score (nSPS) is 14.4. The number of guanidine groups is 1. The summed E-state index contributed by atoms with van der Waals surface area (Å²) in [5.41, 5.74) is 3.39. The molecular formula is C22H27FN4O. The molecule has 0 unspecified atom stereocenters. The number of carbonyl (C=O) groups excluding carboxylic acids is 1.